The lowest BCUT2D eigenvalue weighted by molar-refractivity contribution is 0.132. The Bertz CT molecular complexity index is 143. The monoisotopic (exact) mass is 218 g/mol. The van der Waals surface area contributed by atoms with Gasteiger partial charge in [0.05, 0.1) is 6.10 Å². The average molecular weight is 218 g/mol. The van der Waals surface area contributed by atoms with Gasteiger partial charge in [0, 0.05) is 19.7 Å². The van der Waals surface area contributed by atoms with Crippen molar-refractivity contribution in [2.75, 3.05) is 40.3 Å². The average Bonchev–Trinajstić information content (AvgIpc) is 2.15. The number of likely N-dealkylation sites (N-methyl/N-ethyl adjacent to an activating group) is 1. The van der Waals surface area contributed by atoms with E-state index in [1.807, 2.05) is 19.0 Å². The van der Waals surface area contributed by atoms with E-state index in [4.69, 9.17) is 5.11 Å². The van der Waals surface area contributed by atoms with Gasteiger partial charge in [0.15, 0.2) is 0 Å². The van der Waals surface area contributed by atoms with E-state index in [0.717, 1.165) is 19.4 Å². The summed E-state index contributed by atoms with van der Waals surface area (Å²) in [5.41, 5.74) is 0. The number of hydrogen-bond acceptors (Lipinski definition) is 4. The number of aliphatic hydroxyl groups is 2. The van der Waals surface area contributed by atoms with E-state index in [1.165, 1.54) is 0 Å². The van der Waals surface area contributed by atoms with Gasteiger partial charge in [0.1, 0.15) is 0 Å². The van der Waals surface area contributed by atoms with E-state index in [0.29, 0.717) is 19.0 Å². The van der Waals surface area contributed by atoms with Crippen LogP contribution in [-0.4, -0.2) is 61.6 Å². The number of aliphatic hydroxyl groups excluding tert-OH is 2. The molecular formula is C11H26N2O2. The maximum atomic E-state index is 9.58. The summed E-state index contributed by atoms with van der Waals surface area (Å²) in [6.45, 7) is 4.56. The molecule has 4 heteroatoms. The normalized spacial score (nSPS) is 15.6. The van der Waals surface area contributed by atoms with Gasteiger partial charge >= 0.3 is 0 Å². The fraction of sp³-hybridized carbons (Fsp3) is 1.00. The fourth-order valence-corrected chi connectivity index (χ4v) is 1.57. The predicted molar refractivity (Wildman–Crippen MR) is 62.9 cm³/mol. The SMILES string of the molecule is CCC(CCO)CNCC(O)CN(C)C. The second kappa shape index (κ2) is 9.09. The molecule has 0 aliphatic rings. The van der Waals surface area contributed by atoms with Gasteiger partial charge in [0.2, 0.25) is 0 Å². The van der Waals surface area contributed by atoms with Crippen LogP contribution in [0.25, 0.3) is 0 Å². The van der Waals surface area contributed by atoms with Crippen LogP contribution in [0.3, 0.4) is 0 Å². The van der Waals surface area contributed by atoms with Crippen molar-refractivity contribution in [3.8, 4) is 0 Å². The zero-order chi connectivity index (χ0) is 11.7. The summed E-state index contributed by atoms with van der Waals surface area (Å²) in [4.78, 5) is 1.97. The molecule has 4 nitrogen and oxygen atoms in total. The first kappa shape index (κ1) is 14.8. The van der Waals surface area contributed by atoms with Crippen molar-refractivity contribution in [3.63, 3.8) is 0 Å². The van der Waals surface area contributed by atoms with Crippen molar-refractivity contribution >= 4 is 0 Å². The molecule has 0 saturated carbocycles. The third-order valence-electron chi connectivity index (χ3n) is 2.50. The van der Waals surface area contributed by atoms with Gasteiger partial charge in [-0.3, -0.25) is 0 Å². The first-order valence-electron chi connectivity index (χ1n) is 5.74. The van der Waals surface area contributed by atoms with E-state index in [2.05, 4.69) is 12.2 Å². The third kappa shape index (κ3) is 8.81. The Morgan fingerprint density at radius 2 is 1.93 bits per heavy atom. The molecule has 0 rings (SSSR count). The van der Waals surface area contributed by atoms with Crippen LogP contribution >= 0.6 is 0 Å². The zero-order valence-electron chi connectivity index (χ0n) is 10.2. The van der Waals surface area contributed by atoms with E-state index < -0.39 is 0 Å². The second-order valence-corrected chi connectivity index (χ2v) is 4.36. The molecule has 2 atom stereocenters. The van der Waals surface area contributed by atoms with Crippen LogP contribution < -0.4 is 5.32 Å². The van der Waals surface area contributed by atoms with Crippen LogP contribution in [0.1, 0.15) is 19.8 Å². The van der Waals surface area contributed by atoms with E-state index >= 15 is 0 Å². The summed E-state index contributed by atoms with van der Waals surface area (Å²) in [5.74, 6) is 0.515. The molecule has 0 aromatic rings. The number of hydrogen-bond donors (Lipinski definition) is 3. The quantitative estimate of drug-likeness (QED) is 0.506. The number of nitrogens with one attached hydrogen (secondary N) is 1. The minimum absolute atomic E-state index is 0.250. The summed E-state index contributed by atoms with van der Waals surface area (Å²) in [6, 6.07) is 0. The summed E-state index contributed by atoms with van der Waals surface area (Å²) in [5, 5.41) is 21.6. The molecule has 0 aromatic carbocycles. The molecule has 0 saturated heterocycles. The van der Waals surface area contributed by atoms with Gasteiger partial charge in [-0.25, -0.2) is 0 Å². The molecule has 0 spiro atoms. The molecule has 0 aliphatic heterocycles. The lowest BCUT2D eigenvalue weighted by Gasteiger charge is -2.19. The van der Waals surface area contributed by atoms with Crippen molar-refractivity contribution in [2.24, 2.45) is 5.92 Å². The van der Waals surface area contributed by atoms with Crippen molar-refractivity contribution in [2.45, 2.75) is 25.9 Å². The van der Waals surface area contributed by atoms with Gasteiger partial charge in [-0.05, 0) is 33.0 Å². The first-order valence-corrected chi connectivity index (χ1v) is 5.74. The molecule has 15 heavy (non-hydrogen) atoms. The van der Waals surface area contributed by atoms with E-state index in [1.54, 1.807) is 0 Å². The van der Waals surface area contributed by atoms with Crippen molar-refractivity contribution in [1.29, 1.82) is 0 Å². The van der Waals surface area contributed by atoms with Crippen molar-refractivity contribution in [1.82, 2.24) is 10.2 Å². The van der Waals surface area contributed by atoms with Gasteiger partial charge in [0.25, 0.3) is 0 Å². The Morgan fingerprint density at radius 3 is 2.40 bits per heavy atom. The predicted octanol–water partition coefficient (Wildman–Crippen LogP) is -0.0929. The third-order valence-corrected chi connectivity index (χ3v) is 2.50. The highest BCUT2D eigenvalue weighted by atomic mass is 16.3. The molecule has 0 heterocycles. The summed E-state index contributed by atoms with van der Waals surface area (Å²) < 4.78 is 0. The van der Waals surface area contributed by atoms with Crippen molar-refractivity contribution < 1.29 is 10.2 Å². The van der Waals surface area contributed by atoms with Gasteiger partial charge in [-0.2, -0.15) is 0 Å². The first-order chi connectivity index (χ1) is 7.10. The molecule has 0 aliphatic carbocycles. The molecule has 0 amide bonds. The smallest absolute Gasteiger partial charge is 0.0791 e. The van der Waals surface area contributed by atoms with E-state index in [-0.39, 0.29) is 12.7 Å². The fourth-order valence-electron chi connectivity index (χ4n) is 1.57. The lowest BCUT2D eigenvalue weighted by Crippen LogP contribution is -2.36. The maximum absolute atomic E-state index is 9.58. The van der Waals surface area contributed by atoms with Crippen LogP contribution in [0.2, 0.25) is 0 Å². The topological polar surface area (TPSA) is 55.7 Å². The summed E-state index contributed by atoms with van der Waals surface area (Å²) in [6.07, 6.45) is 1.59. The van der Waals surface area contributed by atoms with Gasteiger partial charge in [-0.1, -0.05) is 13.3 Å². The van der Waals surface area contributed by atoms with Gasteiger partial charge < -0.3 is 20.4 Å². The van der Waals surface area contributed by atoms with Crippen LogP contribution in [-0.2, 0) is 0 Å². The molecule has 0 bridgehead atoms. The standard InChI is InChI=1S/C11H26N2O2/c1-4-10(5-6-14)7-12-8-11(15)9-13(2)3/h10-12,14-15H,4-9H2,1-3H3. The molecule has 0 radical (unpaired) electrons. The Kier molecular flexibility index (Phi) is 9.00. The molecule has 2 unspecified atom stereocenters. The van der Waals surface area contributed by atoms with Crippen LogP contribution in [0.15, 0.2) is 0 Å². The van der Waals surface area contributed by atoms with Crippen LogP contribution in [0.4, 0.5) is 0 Å². The number of nitrogens with zero attached hydrogens (tertiary/aromatic N) is 1. The molecular weight excluding hydrogens is 192 g/mol. The Morgan fingerprint density at radius 1 is 1.27 bits per heavy atom. The minimum atomic E-state index is -0.313. The zero-order valence-corrected chi connectivity index (χ0v) is 10.2. The molecule has 0 aromatic heterocycles. The Labute approximate surface area is 93.3 Å². The minimum Gasteiger partial charge on any atom is -0.396 e. The van der Waals surface area contributed by atoms with Crippen LogP contribution in [0.5, 0.6) is 0 Å². The highest BCUT2D eigenvalue weighted by Gasteiger charge is 2.08. The van der Waals surface area contributed by atoms with Crippen molar-refractivity contribution in [3.05, 3.63) is 0 Å². The molecule has 3 N–H and O–H groups in total. The van der Waals surface area contributed by atoms with Gasteiger partial charge in [-0.15, -0.1) is 0 Å². The Balaban J connectivity index is 3.49. The van der Waals surface area contributed by atoms with Crippen LogP contribution in [0, 0.1) is 5.92 Å². The highest BCUT2D eigenvalue weighted by molar-refractivity contribution is 4.65. The summed E-state index contributed by atoms with van der Waals surface area (Å²) in [7, 11) is 3.90. The Hall–Kier alpha value is -0.160. The second-order valence-electron chi connectivity index (χ2n) is 4.36. The number of rotatable bonds is 9. The largest absolute Gasteiger partial charge is 0.396 e. The lowest BCUT2D eigenvalue weighted by atomic mass is 10.0. The maximum Gasteiger partial charge on any atom is 0.0791 e. The van der Waals surface area contributed by atoms with E-state index in [9.17, 15) is 5.11 Å². The molecule has 92 valence electrons. The highest BCUT2D eigenvalue weighted by Crippen LogP contribution is 2.05. The summed E-state index contributed by atoms with van der Waals surface area (Å²) >= 11 is 0. The molecule has 0 fully saturated rings.